The van der Waals surface area contributed by atoms with Crippen molar-refractivity contribution < 1.29 is 29.0 Å². The summed E-state index contributed by atoms with van der Waals surface area (Å²) in [7, 11) is 0. The van der Waals surface area contributed by atoms with Gasteiger partial charge in [-0.3, -0.25) is 19.3 Å². The van der Waals surface area contributed by atoms with Crippen LogP contribution < -0.4 is 15.0 Å². The number of amides is 1. The molecule has 8 nitrogen and oxygen atoms in total. The van der Waals surface area contributed by atoms with Crippen LogP contribution in [-0.4, -0.2) is 54.8 Å². The van der Waals surface area contributed by atoms with Crippen LogP contribution in [-0.2, 0) is 19.1 Å². The molecular weight excluding hydrogens is 400 g/mol. The highest BCUT2D eigenvalue weighted by atomic mass is 16.5. The molecule has 2 N–H and O–H groups in total. The number of anilines is 1. The number of carbonyl (C=O) groups is 3. The molecule has 1 aromatic carbocycles. The van der Waals surface area contributed by atoms with E-state index in [0.29, 0.717) is 30.3 Å². The van der Waals surface area contributed by atoms with Crippen LogP contribution in [0, 0.1) is 5.92 Å². The fraction of sp³-hybridized carbons (Fsp3) is 0.609. The van der Waals surface area contributed by atoms with Crippen molar-refractivity contribution in [3.8, 4) is 5.75 Å². The van der Waals surface area contributed by atoms with Crippen molar-refractivity contribution in [1.29, 1.82) is 0 Å². The molecule has 1 amide bonds. The fourth-order valence-corrected chi connectivity index (χ4v) is 4.27. The van der Waals surface area contributed by atoms with E-state index in [2.05, 4.69) is 5.32 Å². The number of fused-ring (bicyclic) bond motifs is 1. The molecule has 8 heteroatoms. The SMILES string of the molecule is CC(OC(=O)CCCNC1COc2ccccc2N(CC(=O)O)C1=O)C1CCCCC1. The zero-order valence-corrected chi connectivity index (χ0v) is 18.0. The second-order valence-electron chi connectivity index (χ2n) is 8.30. The molecule has 1 aliphatic carbocycles. The van der Waals surface area contributed by atoms with Crippen LogP contribution in [0.15, 0.2) is 24.3 Å². The third-order valence-electron chi connectivity index (χ3n) is 6.00. The van der Waals surface area contributed by atoms with Crippen molar-refractivity contribution in [3.63, 3.8) is 0 Å². The van der Waals surface area contributed by atoms with Crippen molar-refractivity contribution in [2.75, 3.05) is 24.6 Å². The van der Waals surface area contributed by atoms with Gasteiger partial charge in [-0.1, -0.05) is 31.4 Å². The molecule has 2 aliphatic rings. The van der Waals surface area contributed by atoms with Crippen LogP contribution in [0.2, 0.25) is 0 Å². The zero-order valence-electron chi connectivity index (χ0n) is 18.0. The first-order chi connectivity index (χ1) is 15.0. The van der Waals surface area contributed by atoms with E-state index in [9.17, 15) is 19.5 Å². The molecule has 0 bridgehead atoms. The summed E-state index contributed by atoms with van der Waals surface area (Å²) in [6.45, 7) is 2.05. The average molecular weight is 433 g/mol. The van der Waals surface area contributed by atoms with E-state index in [-0.39, 0.29) is 31.0 Å². The number of carboxylic acid groups (broad SMARTS) is 1. The molecule has 3 rings (SSSR count). The molecule has 0 spiro atoms. The highest BCUT2D eigenvalue weighted by Gasteiger charge is 2.32. The lowest BCUT2D eigenvalue weighted by Gasteiger charge is -2.27. The van der Waals surface area contributed by atoms with Crippen molar-refractivity contribution in [2.45, 2.75) is 64.0 Å². The predicted molar refractivity (Wildman–Crippen MR) is 115 cm³/mol. The molecular formula is C23H32N2O6. The maximum Gasteiger partial charge on any atom is 0.323 e. The Morgan fingerprint density at radius 1 is 1.26 bits per heavy atom. The van der Waals surface area contributed by atoms with E-state index in [0.717, 1.165) is 12.8 Å². The molecule has 170 valence electrons. The van der Waals surface area contributed by atoms with E-state index >= 15 is 0 Å². The highest BCUT2D eigenvalue weighted by Crippen LogP contribution is 2.31. The maximum absolute atomic E-state index is 12.9. The van der Waals surface area contributed by atoms with Gasteiger partial charge < -0.3 is 19.9 Å². The standard InChI is InChI=1S/C23H32N2O6/c1-16(17-8-3-2-4-9-17)31-22(28)12-7-13-24-18-15-30-20-11-6-5-10-19(20)25(23(18)29)14-21(26)27/h5-6,10-11,16-18,24H,2-4,7-9,12-15H2,1H3,(H,26,27). The Hall–Kier alpha value is -2.61. The second-order valence-corrected chi connectivity index (χ2v) is 8.30. The van der Waals surface area contributed by atoms with E-state index in [1.54, 1.807) is 24.3 Å². The molecule has 2 atom stereocenters. The van der Waals surface area contributed by atoms with Gasteiger partial charge in [0.25, 0.3) is 0 Å². The normalized spacial score (nSPS) is 20.4. The van der Waals surface area contributed by atoms with Gasteiger partial charge in [0, 0.05) is 6.42 Å². The Kier molecular flexibility index (Phi) is 8.28. The van der Waals surface area contributed by atoms with Crippen LogP contribution in [0.4, 0.5) is 5.69 Å². The Bertz CT molecular complexity index is 777. The van der Waals surface area contributed by atoms with Gasteiger partial charge in [0.05, 0.1) is 5.69 Å². The van der Waals surface area contributed by atoms with Gasteiger partial charge in [-0.05, 0) is 50.8 Å². The number of carboxylic acids is 1. The van der Waals surface area contributed by atoms with E-state index in [1.807, 2.05) is 6.92 Å². The van der Waals surface area contributed by atoms with Crippen molar-refractivity contribution in [2.24, 2.45) is 5.92 Å². The first kappa shape index (κ1) is 23.1. The first-order valence-electron chi connectivity index (χ1n) is 11.1. The van der Waals surface area contributed by atoms with Gasteiger partial charge in [0.15, 0.2) is 0 Å². The van der Waals surface area contributed by atoms with Crippen LogP contribution in [0.5, 0.6) is 5.75 Å². The Morgan fingerprint density at radius 2 is 2.00 bits per heavy atom. The lowest BCUT2D eigenvalue weighted by atomic mass is 9.86. The lowest BCUT2D eigenvalue weighted by Crippen LogP contribution is -2.50. The minimum atomic E-state index is -1.10. The summed E-state index contributed by atoms with van der Waals surface area (Å²) in [5.41, 5.74) is 0.444. The molecule has 1 heterocycles. The van der Waals surface area contributed by atoms with Gasteiger partial charge in [-0.15, -0.1) is 0 Å². The van der Waals surface area contributed by atoms with Crippen molar-refractivity contribution in [1.82, 2.24) is 5.32 Å². The van der Waals surface area contributed by atoms with Crippen molar-refractivity contribution in [3.05, 3.63) is 24.3 Å². The number of para-hydroxylation sites is 2. The van der Waals surface area contributed by atoms with Crippen molar-refractivity contribution >= 4 is 23.5 Å². The quantitative estimate of drug-likeness (QED) is 0.457. The molecule has 0 aromatic heterocycles. The number of ether oxygens (including phenoxy) is 2. The number of carbonyl (C=O) groups excluding carboxylic acids is 2. The number of nitrogens with one attached hydrogen (secondary N) is 1. The van der Waals surface area contributed by atoms with E-state index in [1.165, 1.54) is 24.2 Å². The maximum atomic E-state index is 12.9. The number of nitrogens with zero attached hydrogens (tertiary/aromatic N) is 1. The number of aliphatic carboxylic acids is 1. The smallest absolute Gasteiger partial charge is 0.323 e. The van der Waals surface area contributed by atoms with E-state index < -0.39 is 18.6 Å². The lowest BCUT2D eigenvalue weighted by molar-refractivity contribution is -0.151. The molecule has 0 radical (unpaired) electrons. The Labute approximate surface area is 182 Å². The molecule has 31 heavy (non-hydrogen) atoms. The summed E-state index contributed by atoms with van der Waals surface area (Å²) in [6.07, 6.45) is 6.65. The third kappa shape index (κ3) is 6.43. The average Bonchev–Trinajstić information content (AvgIpc) is 2.89. The van der Waals surface area contributed by atoms with Gasteiger partial charge in [-0.2, -0.15) is 0 Å². The van der Waals surface area contributed by atoms with Gasteiger partial charge in [0.2, 0.25) is 5.91 Å². The summed E-state index contributed by atoms with van der Waals surface area (Å²) >= 11 is 0. The monoisotopic (exact) mass is 432 g/mol. The fourth-order valence-electron chi connectivity index (χ4n) is 4.27. The van der Waals surface area contributed by atoms with Crippen LogP contribution in [0.25, 0.3) is 0 Å². The summed E-state index contributed by atoms with van der Waals surface area (Å²) in [5.74, 6) is -0.747. The molecule has 1 fully saturated rings. The number of benzene rings is 1. The molecule has 0 saturated heterocycles. The number of esters is 1. The summed E-state index contributed by atoms with van der Waals surface area (Å²) < 4.78 is 11.3. The third-order valence-corrected chi connectivity index (χ3v) is 6.00. The van der Waals surface area contributed by atoms with Gasteiger partial charge >= 0.3 is 11.9 Å². The summed E-state index contributed by atoms with van der Waals surface area (Å²) in [4.78, 5) is 37.6. The van der Waals surface area contributed by atoms with Crippen LogP contribution in [0.3, 0.4) is 0 Å². The first-order valence-corrected chi connectivity index (χ1v) is 11.1. The van der Waals surface area contributed by atoms with Crippen LogP contribution >= 0.6 is 0 Å². The minimum absolute atomic E-state index is 0.0549. The Balaban J connectivity index is 1.47. The van der Waals surface area contributed by atoms with Crippen LogP contribution in [0.1, 0.15) is 51.9 Å². The zero-order chi connectivity index (χ0) is 22.2. The number of hydrogen-bond donors (Lipinski definition) is 2. The molecule has 1 aromatic rings. The van der Waals surface area contributed by atoms with Gasteiger partial charge in [-0.25, -0.2) is 0 Å². The summed E-state index contributed by atoms with van der Waals surface area (Å²) in [6, 6.07) is 6.20. The number of rotatable bonds is 9. The Morgan fingerprint density at radius 3 is 2.74 bits per heavy atom. The number of hydrogen-bond acceptors (Lipinski definition) is 6. The van der Waals surface area contributed by atoms with Gasteiger partial charge in [0.1, 0.15) is 31.0 Å². The molecule has 2 unspecified atom stereocenters. The highest BCUT2D eigenvalue weighted by molar-refractivity contribution is 6.02. The minimum Gasteiger partial charge on any atom is -0.489 e. The second kappa shape index (κ2) is 11.1. The summed E-state index contributed by atoms with van der Waals surface area (Å²) in [5, 5.41) is 12.3. The topological polar surface area (TPSA) is 105 Å². The predicted octanol–water partition coefficient (Wildman–Crippen LogP) is 2.75. The molecule has 1 aliphatic heterocycles. The largest absolute Gasteiger partial charge is 0.489 e. The van der Waals surface area contributed by atoms with E-state index in [4.69, 9.17) is 9.47 Å². The molecule has 1 saturated carbocycles.